The minimum absolute atomic E-state index is 0.0229. The molecule has 3 heterocycles. The Balaban J connectivity index is 1.69. The maximum absolute atomic E-state index is 14.3. The number of hydrogen-bond acceptors (Lipinski definition) is 13. The number of aliphatic hydroxyl groups excluding tert-OH is 2. The summed E-state index contributed by atoms with van der Waals surface area (Å²) in [6, 6.07) is -1.14. The largest absolute Gasteiger partial charge is 0.460 e. The maximum Gasteiger partial charge on any atom is 0.329 e. The quantitative estimate of drug-likeness (QED) is 0.165. The highest BCUT2D eigenvalue weighted by atomic mass is 16.6. The highest BCUT2D eigenvalue weighted by Crippen LogP contribution is 2.37. The van der Waals surface area contributed by atoms with E-state index in [4.69, 9.17) is 23.7 Å². The molecule has 1 saturated carbocycles. The van der Waals surface area contributed by atoms with Gasteiger partial charge in [0, 0.05) is 58.5 Å². The second-order valence-corrected chi connectivity index (χ2v) is 19.1. The standard InChI is InChI=1S/C50H77NO13/c1-30-16-12-10-11-13-17-37(60-7)28-38-21-19-35(6)50(59,64-38)47(56)48(57)51-23-15-14-18-39(51)49(58)63-42(32(3)26-36-20-22-40(52)43(27-36)61-8)29-41(53)31(2)25-34(5)45(55)46(62-9)44(54)33(4)24-30/h10-13,16-17,25,30-33,35-40,42-43,45-46,52,55,59H,14-15,18-24,26-29H2,1-9H3/b11-10+,16-12+,17-13+,34-25+/t30-,31-,32-,33-,35-,36-,37-,38+,39+,40-,42+,43-,45-,46+,50-/m1/s1. The molecule has 14 nitrogen and oxygen atoms in total. The van der Waals surface area contributed by atoms with E-state index < -0.39 is 83.9 Å². The van der Waals surface area contributed by atoms with Gasteiger partial charge in [-0.3, -0.25) is 19.2 Å². The van der Waals surface area contributed by atoms with Crippen LogP contribution in [0.5, 0.6) is 0 Å². The average molecular weight is 900 g/mol. The Morgan fingerprint density at radius 1 is 0.844 bits per heavy atom. The predicted molar refractivity (Wildman–Crippen MR) is 241 cm³/mol. The second kappa shape index (κ2) is 25.0. The number of methoxy groups -OCH3 is 3. The number of ether oxygens (including phenoxy) is 5. The van der Waals surface area contributed by atoms with Crippen molar-refractivity contribution in [3.8, 4) is 0 Å². The lowest BCUT2D eigenvalue weighted by atomic mass is 9.78. The molecular weight excluding hydrogens is 823 g/mol. The van der Waals surface area contributed by atoms with Crippen LogP contribution in [-0.2, 0) is 47.7 Å². The Kier molecular flexibility index (Phi) is 20.8. The van der Waals surface area contributed by atoms with Gasteiger partial charge in [0.1, 0.15) is 30.1 Å². The number of ketones is 3. The number of allylic oxidation sites excluding steroid dienone is 6. The second-order valence-electron chi connectivity index (χ2n) is 19.1. The van der Waals surface area contributed by atoms with Crippen LogP contribution >= 0.6 is 0 Å². The molecule has 0 radical (unpaired) electrons. The average Bonchev–Trinajstić information content (AvgIpc) is 3.27. The third-order valence-electron chi connectivity index (χ3n) is 14.1. The van der Waals surface area contributed by atoms with Gasteiger partial charge in [-0.25, -0.2) is 4.79 Å². The van der Waals surface area contributed by atoms with Crippen molar-refractivity contribution in [2.75, 3.05) is 27.9 Å². The molecule has 0 unspecified atom stereocenters. The number of esters is 1. The SMILES string of the molecule is CO[C@@H]1/C=C/C=C/C=C/[C@@H](C)C[C@@H](C)C(=O)[C@H](OC)[C@H](O)/C(C)=C/[C@@H](C)C(=O)C[C@@H]([C@H](C)C[C@H]2CC[C@@H](O)[C@H](OC)C2)OC(=O)[C@@H]2CCCCN2C(=O)C(=O)[C@]2(O)O[C@@H](CC[C@H]2C)C1. The van der Waals surface area contributed by atoms with Crippen LogP contribution in [0.2, 0.25) is 0 Å². The lowest BCUT2D eigenvalue weighted by Gasteiger charge is -2.42. The van der Waals surface area contributed by atoms with Crippen LogP contribution in [0.15, 0.2) is 48.1 Å². The maximum atomic E-state index is 14.3. The molecule has 3 aliphatic heterocycles. The molecule has 0 aromatic heterocycles. The highest BCUT2D eigenvalue weighted by molar-refractivity contribution is 6.39. The Morgan fingerprint density at radius 3 is 2.22 bits per heavy atom. The van der Waals surface area contributed by atoms with Crippen LogP contribution in [0.1, 0.15) is 119 Å². The van der Waals surface area contributed by atoms with Gasteiger partial charge in [-0.05, 0) is 94.5 Å². The summed E-state index contributed by atoms with van der Waals surface area (Å²) in [5.74, 6) is -7.94. The van der Waals surface area contributed by atoms with Crippen molar-refractivity contribution < 1.29 is 63.0 Å². The summed E-state index contributed by atoms with van der Waals surface area (Å²) in [7, 11) is 4.50. The number of rotatable bonds is 6. The van der Waals surface area contributed by atoms with E-state index in [0.29, 0.717) is 63.4 Å². The molecule has 0 spiro atoms. The third kappa shape index (κ3) is 14.1. The van der Waals surface area contributed by atoms with Crippen molar-refractivity contribution in [1.82, 2.24) is 4.90 Å². The van der Waals surface area contributed by atoms with Crippen LogP contribution in [-0.4, -0.2) is 132 Å². The van der Waals surface area contributed by atoms with E-state index in [0.717, 1.165) is 6.42 Å². The summed E-state index contributed by atoms with van der Waals surface area (Å²) in [6.07, 6.45) is 12.9. The van der Waals surface area contributed by atoms with Crippen LogP contribution in [0, 0.1) is 35.5 Å². The monoisotopic (exact) mass is 900 g/mol. The van der Waals surface area contributed by atoms with Crippen LogP contribution < -0.4 is 0 Å². The summed E-state index contributed by atoms with van der Waals surface area (Å²) in [5.41, 5.74) is 0.386. The molecule has 1 aliphatic carbocycles. The smallest absolute Gasteiger partial charge is 0.329 e. The van der Waals surface area contributed by atoms with E-state index in [9.17, 15) is 39.3 Å². The minimum Gasteiger partial charge on any atom is -0.460 e. The molecule has 2 bridgehead atoms. The van der Waals surface area contributed by atoms with Crippen molar-refractivity contribution in [1.29, 1.82) is 0 Å². The van der Waals surface area contributed by atoms with E-state index in [-0.39, 0.29) is 54.8 Å². The van der Waals surface area contributed by atoms with Crippen molar-refractivity contribution in [2.45, 2.75) is 173 Å². The zero-order chi connectivity index (χ0) is 47.3. The fourth-order valence-corrected chi connectivity index (χ4v) is 9.86. The molecule has 2 saturated heterocycles. The number of cyclic esters (lactones) is 1. The summed E-state index contributed by atoms with van der Waals surface area (Å²) in [6.45, 7) is 10.8. The van der Waals surface area contributed by atoms with Crippen molar-refractivity contribution in [2.24, 2.45) is 35.5 Å². The van der Waals surface area contributed by atoms with E-state index in [1.54, 1.807) is 41.1 Å². The highest BCUT2D eigenvalue weighted by Gasteiger charge is 2.53. The lowest BCUT2D eigenvalue weighted by molar-refractivity contribution is -0.265. The number of aliphatic hydroxyl groups is 3. The van der Waals surface area contributed by atoms with E-state index in [2.05, 4.69) is 0 Å². The zero-order valence-electron chi connectivity index (χ0n) is 39.7. The molecule has 14 heteroatoms. The Bertz CT molecular complexity index is 1710. The van der Waals surface area contributed by atoms with Gasteiger partial charge in [-0.2, -0.15) is 0 Å². The topological polar surface area (TPSA) is 195 Å². The number of carbonyl (C=O) groups is 5. The normalized spacial score (nSPS) is 40.4. The van der Waals surface area contributed by atoms with E-state index in [1.165, 1.54) is 12.0 Å². The lowest BCUT2D eigenvalue weighted by Crippen LogP contribution is -2.60. The summed E-state index contributed by atoms with van der Waals surface area (Å²) in [4.78, 5) is 71.6. The number of Topliss-reactive ketones (excluding diaryl/α,β-unsaturated/α-hetero) is 3. The first kappa shape index (κ1) is 53.2. The number of carbonyl (C=O) groups excluding carboxylic acids is 5. The molecule has 15 atom stereocenters. The predicted octanol–water partition coefficient (Wildman–Crippen LogP) is 5.79. The number of fused-ring (bicyclic) bond motifs is 3. The Morgan fingerprint density at radius 2 is 1.55 bits per heavy atom. The minimum atomic E-state index is -2.42. The molecule has 0 aromatic rings. The van der Waals surface area contributed by atoms with E-state index in [1.807, 2.05) is 57.2 Å². The van der Waals surface area contributed by atoms with Gasteiger partial charge in [0.2, 0.25) is 5.79 Å². The van der Waals surface area contributed by atoms with E-state index >= 15 is 0 Å². The molecule has 1 amide bonds. The van der Waals surface area contributed by atoms with Gasteiger partial charge in [0.25, 0.3) is 11.7 Å². The molecule has 0 aromatic carbocycles. The van der Waals surface area contributed by atoms with Gasteiger partial charge in [0.05, 0.1) is 24.4 Å². The fourth-order valence-electron chi connectivity index (χ4n) is 9.86. The number of piperidine rings is 1. The van der Waals surface area contributed by atoms with Gasteiger partial charge in [-0.1, -0.05) is 77.2 Å². The number of nitrogens with zero attached hydrogens (tertiary/aromatic N) is 1. The molecular formula is C50H77NO13. The molecule has 360 valence electrons. The molecule has 4 rings (SSSR count). The van der Waals surface area contributed by atoms with Crippen molar-refractivity contribution in [3.05, 3.63) is 48.1 Å². The summed E-state index contributed by atoms with van der Waals surface area (Å²) >= 11 is 0. The number of amides is 1. The number of hydrogen-bond donors (Lipinski definition) is 3. The fraction of sp³-hybridized carbons (Fsp3) is 0.740. The third-order valence-corrected chi connectivity index (χ3v) is 14.1. The Labute approximate surface area is 380 Å². The molecule has 3 fully saturated rings. The molecule has 3 N–H and O–H groups in total. The van der Waals surface area contributed by atoms with Gasteiger partial charge < -0.3 is 43.9 Å². The summed E-state index contributed by atoms with van der Waals surface area (Å²) < 4.78 is 29.1. The Hall–Kier alpha value is -3.37. The van der Waals surface area contributed by atoms with Gasteiger partial charge >= 0.3 is 5.97 Å². The first-order chi connectivity index (χ1) is 30.3. The molecule has 4 aliphatic rings. The van der Waals surface area contributed by atoms with Crippen LogP contribution in [0.4, 0.5) is 0 Å². The van der Waals surface area contributed by atoms with Crippen molar-refractivity contribution >= 4 is 29.2 Å². The van der Waals surface area contributed by atoms with Gasteiger partial charge in [-0.15, -0.1) is 0 Å². The van der Waals surface area contributed by atoms with Gasteiger partial charge in [0.15, 0.2) is 5.78 Å². The van der Waals surface area contributed by atoms with Crippen molar-refractivity contribution in [3.63, 3.8) is 0 Å². The summed E-state index contributed by atoms with van der Waals surface area (Å²) in [5, 5.41) is 33.7. The van der Waals surface area contributed by atoms with Crippen LogP contribution in [0.25, 0.3) is 0 Å². The first-order valence-electron chi connectivity index (χ1n) is 23.5. The van der Waals surface area contributed by atoms with Crippen LogP contribution in [0.3, 0.4) is 0 Å². The first-order valence-corrected chi connectivity index (χ1v) is 23.5. The zero-order valence-corrected chi connectivity index (χ0v) is 39.7. The molecule has 64 heavy (non-hydrogen) atoms.